The van der Waals surface area contributed by atoms with E-state index in [0.717, 1.165) is 36.2 Å². The van der Waals surface area contributed by atoms with Gasteiger partial charge < -0.3 is 4.90 Å². The molecule has 156 valence electrons. The zero-order valence-electron chi connectivity index (χ0n) is 16.5. The second-order valence-electron chi connectivity index (χ2n) is 7.43. The van der Waals surface area contributed by atoms with E-state index in [1.807, 2.05) is 12.1 Å². The number of benzene rings is 2. The summed E-state index contributed by atoms with van der Waals surface area (Å²) in [5.41, 5.74) is 1.42. The van der Waals surface area contributed by atoms with Crippen molar-refractivity contribution < 1.29 is 0 Å². The predicted molar refractivity (Wildman–Crippen MR) is 124 cm³/mol. The van der Waals surface area contributed by atoms with E-state index in [-0.39, 0.29) is 5.56 Å². The number of pyridine rings is 1. The summed E-state index contributed by atoms with van der Waals surface area (Å²) in [7, 11) is 0. The van der Waals surface area contributed by atoms with Gasteiger partial charge in [0.05, 0.1) is 44.2 Å². The number of fused-ring (bicyclic) bond motifs is 1. The van der Waals surface area contributed by atoms with Gasteiger partial charge in [-0.25, -0.2) is 9.36 Å². The average Bonchev–Trinajstić information content (AvgIpc) is 3.31. The summed E-state index contributed by atoms with van der Waals surface area (Å²) < 4.78 is 2.67. The van der Waals surface area contributed by atoms with Crippen LogP contribution >= 0.6 is 23.2 Å². The van der Waals surface area contributed by atoms with Gasteiger partial charge in [0.25, 0.3) is 5.56 Å². The molecule has 0 aliphatic carbocycles. The van der Waals surface area contributed by atoms with Crippen LogP contribution in [0.3, 0.4) is 0 Å². The Kier molecular flexibility index (Phi) is 5.04. The summed E-state index contributed by atoms with van der Waals surface area (Å²) in [4.78, 5) is 33.6. The summed E-state index contributed by atoms with van der Waals surface area (Å²) in [5.74, 6) is 0. The first-order valence-corrected chi connectivity index (χ1v) is 10.7. The molecule has 2 aromatic heterocycles. The first kappa shape index (κ1) is 19.8. The van der Waals surface area contributed by atoms with Gasteiger partial charge in [-0.2, -0.15) is 0 Å². The van der Waals surface area contributed by atoms with E-state index in [0.29, 0.717) is 32.3 Å². The lowest BCUT2D eigenvalue weighted by Crippen LogP contribution is -2.39. The average molecular weight is 453 g/mol. The predicted octanol–water partition coefficient (Wildman–Crippen LogP) is 4.44. The molecular weight excluding hydrogens is 435 g/mol. The number of hydrogen-bond donors (Lipinski definition) is 0. The Morgan fingerprint density at radius 1 is 0.839 bits per heavy atom. The normalized spacial score (nSPS) is 13.8. The summed E-state index contributed by atoms with van der Waals surface area (Å²) >= 11 is 12.4. The highest BCUT2D eigenvalue weighted by molar-refractivity contribution is 6.42. The monoisotopic (exact) mass is 452 g/mol. The van der Waals surface area contributed by atoms with Crippen LogP contribution in [0.5, 0.6) is 0 Å². The van der Waals surface area contributed by atoms with Crippen LogP contribution in [0.15, 0.2) is 70.5 Å². The zero-order valence-corrected chi connectivity index (χ0v) is 18.0. The van der Waals surface area contributed by atoms with Crippen LogP contribution in [0.25, 0.3) is 22.3 Å². The third kappa shape index (κ3) is 3.32. The molecule has 4 aromatic rings. The maximum Gasteiger partial charge on any atom is 0.340 e. The maximum atomic E-state index is 13.7. The highest BCUT2D eigenvalue weighted by Crippen LogP contribution is 2.29. The van der Waals surface area contributed by atoms with Crippen LogP contribution in [-0.4, -0.2) is 27.2 Å². The molecule has 0 saturated carbocycles. The minimum atomic E-state index is -0.498. The molecular formula is C23H18Cl2N4O2. The minimum absolute atomic E-state index is 0.328. The molecule has 0 N–H and O–H groups in total. The summed E-state index contributed by atoms with van der Waals surface area (Å²) in [5, 5.41) is 1.20. The molecule has 5 rings (SSSR count). The number of nitrogens with zero attached hydrogens (tertiary/aromatic N) is 4. The SMILES string of the molecule is O=c1c2c(N3CCCC3)cccc2n(-c2ccc(Cl)c(Cl)c2)c(=O)n1-c1cccnc1. The fraction of sp³-hybridized carbons (Fsp3) is 0.174. The first-order chi connectivity index (χ1) is 15.1. The molecule has 0 spiro atoms. The van der Waals surface area contributed by atoms with E-state index in [1.165, 1.54) is 10.8 Å². The maximum absolute atomic E-state index is 13.7. The molecule has 6 nitrogen and oxygen atoms in total. The Labute approximate surface area is 187 Å². The van der Waals surface area contributed by atoms with Crippen molar-refractivity contribution in [2.45, 2.75) is 12.8 Å². The van der Waals surface area contributed by atoms with Gasteiger partial charge in [-0.05, 0) is 55.3 Å². The Morgan fingerprint density at radius 2 is 1.65 bits per heavy atom. The Morgan fingerprint density at radius 3 is 2.35 bits per heavy atom. The fourth-order valence-corrected chi connectivity index (χ4v) is 4.44. The van der Waals surface area contributed by atoms with Crippen molar-refractivity contribution in [3.63, 3.8) is 0 Å². The van der Waals surface area contributed by atoms with E-state index in [1.54, 1.807) is 42.6 Å². The second kappa shape index (κ2) is 7.87. The number of aromatic nitrogens is 3. The second-order valence-corrected chi connectivity index (χ2v) is 8.25. The van der Waals surface area contributed by atoms with E-state index in [4.69, 9.17) is 23.2 Å². The van der Waals surface area contributed by atoms with Crippen LogP contribution in [-0.2, 0) is 0 Å². The Hall–Kier alpha value is -3.09. The smallest absolute Gasteiger partial charge is 0.340 e. The van der Waals surface area contributed by atoms with Gasteiger partial charge in [-0.15, -0.1) is 0 Å². The Balaban J connectivity index is 1.94. The van der Waals surface area contributed by atoms with Crippen molar-refractivity contribution >= 4 is 39.8 Å². The first-order valence-electron chi connectivity index (χ1n) is 9.98. The molecule has 0 unspecified atom stereocenters. The highest BCUT2D eigenvalue weighted by Gasteiger charge is 2.22. The van der Waals surface area contributed by atoms with Crippen molar-refractivity contribution in [3.8, 4) is 11.4 Å². The van der Waals surface area contributed by atoms with Crippen LogP contribution in [0.2, 0.25) is 10.0 Å². The van der Waals surface area contributed by atoms with E-state index in [9.17, 15) is 9.59 Å². The molecule has 0 bridgehead atoms. The molecule has 1 fully saturated rings. The van der Waals surface area contributed by atoms with Crippen LogP contribution in [0.1, 0.15) is 12.8 Å². The lowest BCUT2D eigenvalue weighted by Gasteiger charge is -2.22. The zero-order chi connectivity index (χ0) is 21.5. The summed E-state index contributed by atoms with van der Waals surface area (Å²) in [6.07, 6.45) is 5.24. The highest BCUT2D eigenvalue weighted by atomic mass is 35.5. The van der Waals surface area contributed by atoms with Gasteiger partial charge in [0.1, 0.15) is 0 Å². The molecule has 1 aliphatic heterocycles. The van der Waals surface area contributed by atoms with Crippen LogP contribution in [0.4, 0.5) is 5.69 Å². The van der Waals surface area contributed by atoms with Crippen molar-refractivity contribution in [1.29, 1.82) is 0 Å². The van der Waals surface area contributed by atoms with Crippen molar-refractivity contribution in [1.82, 2.24) is 14.1 Å². The van der Waals surface area contributed by atoms with Crippen molar-refractivity contribution in [3.05, 3.63) is 91.8 Å². The van der Waals surface area contributed by atoms with E-state index in [2.05, 4.69) is 9.88 Å². The summed E-state index contributed by atoms with van der Waals surface area (Å²) in [6, 6.07) is 14.0. The van der Waals surface area contributed by atoms with Crippen molar-refractivity contribution in [2.75, 3.05) is 18.0 Å². The number of hydrogen-bond acceptors (Lipinski definition) is 4. The van der Waals surface area contributed by atoms with Gasteiger partial charge in [-0.3, -0.25) is 14.3 Å². The molecule has 0 amide bonds. The van der Waals surface area contributed by atoms with Gasteiger partial charge in [0.15, 0.2) is 0 Å². The third-order valence-corrected chi connectivity index (χ3v) is 6.31. The van der Waals surface area contributed by atoms with Gasteiger partial charge in [0.2, 0.25) is 0 Å². The molecule has 1 aliphatic rings. The minimum Gasteiger partial charge on any atom is -0.371 e. The van der Waals surface area contributed by atoms with Crippen molar-refractivity contribution in [2.24, 2.45) is 0 Å². The molecule has 8 heteroatoms. The Bertz CT molecular complexity index is 1410. The number of rotatable bonds is 3. The lowest BCUT2D eigenvalue weighted by molar-refractivity contribution is 0.829. The number of anilines is 1. The largest absolute Gasteiger partial charge is 0.371 e. The molecule has 1 saturated heterocycles. The molecule has 0 atom stereocenters. The molecule has 0 radical (unpaired) electrons. The van der Waals surface area contributed by atoms with Crippen LogP contribution < -0.4 is 16.1 Å². The van der Waals surface area contributed by atoms with Gasteiger partial charge >= 0.3 is 5.69 Å². The van der Waals surface area contributed by atoms with Gasteiger partial charge in [0, 0.05) is 19.3 Å². The van der Waals surface area contributed by atoms with Crippen LogP contribution in [0, 0.1) is 0 Å². The molecule has 31 heavy (non-hydrogen) atoms. The number of halogens is 2. The standard InChI is InChI=1S/C23H18Cl2N4O2/c24-17-9-8-15(13-18(17)25)28-20-7-3-6-19(27-11-1-2-12-27)21(20)22(30)29(23(28)31)16-5-4-10-26-14-16/h3-10,13-14H,1-2,11-12H2. The fourth-order valence-electron chi connectivity index (χ4n) is 4.14. The van der Waals surface area contributed by atoms with E-state index >= 15 is 0 Å². The van der Waals surface area contributed by atoms with E-state index < -0.39 is 5.69 Å². The third-order valence-electron chi connectivity index (χ3n) is 5.57. The van der Waals surface area contributed by atoms with Gasteiger partial charge in [-0.1, -0.05) is 29.3 Å². The summed E-state index contributed by atoms with van der Waals surface area (Å²) in [6.45, 7) is 1.74. The molecule has 3 heterocycles. The topological polar surface area (TPSA) is 60.1 Å². The lowest BCUT2D eigenvalue weighted by atomic mass is 10.1. The molecule has 2 aromatic carbocycles. The quantitative estimate of drug-likeness (QED) is 0.460.